The maximum Gasteiger partial charge on any atom is 0.255 e. The van der Waals surface area contributed by atoms with E-state index in [-0.39, 0.29) is 30.3 Å². The number of benzene rings is 2. The van der Waals surface area contributed by atoms with Crippen LogP contribution in [0.4, 0.5) is 11.4 Å². The van der Waals surface area contributed by atoms with Crippen LogP contribution >= 0.6 is 0 Å². The van der Waals surface area contributed by atoms with Crippen LogP contribution in [0.15, 0.2) is 42.5 Å². The van der Waals surface area contributed by atoms with Gasteiger partial charge in [-0.3, -0.25) is 14.3 Å². The van der Waals surface area contributed by atoms with Gasteiger partial charge >= 0.3 is 0 Å². The second kappa shape index (κ2) is 9.42. The van der Waals surface area contributed by atoms with Crippen molar-refractivity contribution in [2.24, 2.45) is 0 Å². The van der Waals surface area contributed by atoms with Crippen molar-refractivity contribution in [2.45, 2.75) is 13.8 Å². The van der Waals surface area contributed by atoms with Gasteiger partial charge in [-0.25, -0.2) is 8.42 Å². The SMILES string of the molecule is CC(=O)Nc1ccc(NS(C)(=O)=O)c(C(=O)N(C)CCOc2cccc(C)c2)c1. The highest BCUT2D eigenvalue weighted by molar-refractivity contribution is 7.92. The van der Waals surface area contributed by atoms with Crippen LogP contribution in [0.1, 0.15) is 22.8 Å². The molecule has 8 nitrogen and oxygen atoms in total. The monoisotopic (exact) mass is 419 g/mol. The van der Waals surface area contributed by atoms with Crippen molar-refractivity contribution in [3.63, 3.8) is 0 Å². The Bertz CT molecular complexity index is 1000. The van der Waals surface area contributed by atoms with E-state index in [9.17, 15) is 18.0 Å². The van der Waals surface area contributed by atoms with Gasteiger partial charge in [0, 0.05) is 19.7 Å². The van der Waals surface area contributed by atoms with Crippen LogP contribution in [-0.2, 0) is 14.8 Å². The van der Waals surface area contributed by atoms with Crippen LogP contribution < -0.4 is 14.8 Å². The smallest absolute Gasteiger partial charge is 0.255 e. The van der Waals surface area contributed by atoms with Crippen molar-refractivity contribution in [1.29, 1.82) is 0 Å². The first kappa shape index (κ1) is 22.2. The van der Waals surface area contributed by atoms with Crippen LogP contribution in [0.5, 0.6) is 5.75 Å². The van der Waals surface area contributed by atoms with Gasteiger partial charge in [-0.15, -0.1) is 0 Å². The van der Waals surface area contributed by atoms with Gasteiger partial charge in [-0.05, 0) is 42.8 Å². The molecule has 2 N–H and O–H groups in total. The molecule has 0 aromatic heterocycles. The molecule has 2 aromatic rings. The molecule has 0 atom stereocenters. The summed E-state index contributed by atoms with van der Waals surface area (Å²) in [6.07, 6.45) is 1.00. The average molecular weight is 420 g/mol. The summed E-state index contributed by atoms with van der Waals surface area (Å²) in [4.78, 5) is 25.6. The van der Waals surface area contributed by atoms with Gasteiger partial charge in [-0.2, -0.15) is 0 Å². The van der Waals surface area contributed by atoms with E-state index in [1.165, 1.54) is 30.0 Å². The molecule has 0 saturated carbocycles. The lowest BCUT2D eigenvalue weighted by Gasteiger charge is -2.20. The molecular weight excluding hydrogens is 394 g/mol. The fraction of sp³-hybridized carbons (Fsp3) is 0.300. The summed E-state index contributed by atoms with van der Waals surface area (Å²) in [5, 5.41) is 2.59. The van der Waals surface area contributed by atoms with Gasteiger partial charge in [0.1, 0.15) is 12.4 Å². The molecule has 0 bridgehead atoms. The maximum absolute atomic E-state index is 12.9. The fourth-order valence-corrected chi connectivity index (χ4v) is 3.18. The Morgan fingerprint density at radius 1 is 1.14 bits per heavy atom. The average Bonchev–Trinajstić information content (AvgIpc) is 2.60. The van der Waals surface area contributed by atoms with E-state index < -0.39 is 15.9 Å². The molecule has 9 heteroatoms. The van der Waals surface area contributed by atoms with Crippen molar-refractivity contribution in [3.8, 4) is 5.75 Å². The molecule has 0 radical (unpaired) electrons. The molecule has 0 unspecified atom stereocenters. The number of sulfonamides is 1. The topological polar surface area (TPSA) is 105 Å². The van der Waals surface area contributed by atoms with Crippen LogP contribution in [0.2, 0.25) is 0 Å². The number of likely N-dealkylation sites (N-methyl/N-ethyl adjacent to an activating group) is 1. The summed E-state index contributed by atoms with van der Waals surface area (Å²) < 4.78 is 31.3. The molecule has 0 aliphatic rings. The highest BCUT2D eigenvalue weighted by atomic mass is 32.2. The van der Waals surface area contributed by atoms with E-state index >= 15 is 0 Å². The Morgan fingerprint density at radius 3 is 2.48 bits per heavy atom. The Labute approximate surface area is 170 Å². The summed E-state index contributed by atoms with van der Waals surface area (Å²) in [6.45, 7) is 3.86. The Balaban J connectivity index is 2.15. The van der Waals surface area contributed by atoms with Crippen molar-refractivity contribution in [2.75, 3.05) is 36.5 Å². The van der Waals surface area contributed by atoms with E-state index in [0.29, 0.717) is 11.4 Å². The van der Waals surface area contributed by atoms with Crippen LogP contribution in [0.25, 0.3) is 0 Å². The van der Waals surface area contributed by atoms with Gasteiger partial charge in [0.15, 0.2) is 0 Å². The molecule has 29 heavy (non-hydrogen) atoms. The number of aryl methyl sites for hydroxylation is 1. The quantitative estimate of drug-likeness (QED) is 0.684. The summed E-state index contributed by atoms with van der Waals surface area (Å²) in [5.74, 6) is 0.00117. The third-order valence-electron chi connectivity index (χ3n) is 3.90. The molecule has 0 aliphatic carbocycles. The highest BCUT2D eigenvalue weighted by Crippen LogP contribution is 2.23. The summed E-state index contributed by atoms with van der Waals surface area (Å²) in [6, 6.07) is 12.0. The number of rotatable bonds is 8. The van der Waals surface area contributed by atoms with Crippen molar-refractivity contribution < 1.29 is 22.7 Å². The number of carbonyl (C=O) groups is 2. The molecule has 0 aliphatic heterocycles. The zero-order valence-corrected chi connectivity index (χ0v) is 17.7. The van der Waals surface area contributed by atoms with Gasteiger partial charge in [0.05, 0.1) is 24.1 Å². The largest absolute Gasteiger partial charge is 0.492 e. The number of anilines is 2. The first-order chi connectivity index (χ1) is 13.5. The van der Waals surface area contributed by atoms with Gasteiger partial charge < -0.3 is 15.0 Å². The van der Waals surface area contributed by atoms with E-state index in [0.717, 1.165) is 11.8 Å². The molecule has 0 fully saturated rings. The fourth-order valence-electron chi connectivity index (χ4n) is 2.60. The summed E-state index contributed by atoms with van der Waals surface area (Å²) in [5.41, 5.74) is 1.72. The van der Waals surface area contributed by atoms with Gasteiger partial charge in [0.25, 0.3) is 5.91 Å². The number of hydrogen-bond acceptors (Lipinski definition) is 5. The molecular formula is C20H25N3O5S. The molecule has 156 valence electrons. The molecule has 2 rings (SSSR count). The second-order valence-electron chi connectivity index (χ2n) is 6.71. The zero-order chi connectivity index (χ0) is 21.6. The molecule has 0 saturated heterocycles. The number of hydrogen-bond donors (Lipinski definition) is 2. The van der Waals surface area contributed by atoms with Crippen LogP contribution in [0.3, 0.4) is 0 Å². The van der Waals surface area contributed by atoms with E-state index in [1.807, 2.05) is 31.2 Å². The van der Waals surface area contributed by atoms with E-state index in [4.69, 9.17) is 4.74 Å². The van der Waals surface area contributed by atoms with Crippen LogP contribution in [0, 0.1) is 6.92 Å². The Hall–Kier alpha value is -3.07. The van der Waals surface area contributed by atoms with Crippen LogP contribution in [-0.4, -0.2) is 51.6 Å². The number of carbonyl (C=O) groups excluding carboxylic acids is 2. The van der Waals surface area contributed by atoms with Crippen molar-refractivity contribution in [3.05, 3.63) is 53.6 Å². The predicted octanol–water partition coefficient (Wildman–Crippen LogP) is 2.48. The predicted molar refractivity (Wildman–Crippen MR) is 113 cm³/mol. The third-order valence-corrected chi connectivity index (χ3v) is 4.49. The lowest BCUT2D eigenvalue weighted by molar-refractivity contribution is -0.114. The molecule has 0 heterocycles. The van der Waals surface area contributed by atoms with E-state index in [2.05, 4.69) is 10.0 Å². The Morgan fingerprint density at radius 2 is 1.86 bits per heavy atom. The first-order valence-electron chi connectivity index (χ1n) is 8.89. The van der Waals surface area contributed by atoms with Crippen molar-refractivity contribution >= 4 is 33.2 Å². The molecule has 2 aromatic carbocycles. The molecule has 2 amide bonds. The van der Waals surface area contributed by atoms with Gasteiger partial charge in [-0.1, -0.05) is 12.1 Å². The first-order valence-corrected chi connectivity index (χ1v) is 10.8. The lowest BCUT2D eigenvalue weighted by atomic mass is 10.1. The number of nitrogens with zero attached hydrogens (tertiary/aromatic N) is 1. The number of amides is 2. The minimum absolute atomic E-state index is 0.125. The molecule has 0 spiro atoms. The highest BCUT2D eigenvalue weighted by Gasteiger charge is 2.19. The van der Waals surface area contributed by atoms with Crippen molar-refractivity contribution in [1.82, 2.24) is 4.90 Å². The lowest BCUT2D eigenvalue weighted by Crippen LogP contribution is -2.31. The van der Waals surface area contributed by atoms with Gasteiger partial charge in [0.2, 0.25) is 15.9 Å². The summed E-state index contributed by atoms with van der Waals surface area (Å²) in [7, 11) is -1.99. The minimum atomic E-state index is -3.58. The standard InChI is InChI=1S/C20H25N3O5S/c1-14-6-5-7-17(12-14)28-11-10-23(3)20(25)18-13-16(21-15(2)24)8-9-19(18)22-29(4,26)27/h5-9,12-13,22H,10-11H2,1-4H3,(H,21,24). The van der Waals surface area contributed by atoms with E-state index in [1.54, 1.807) is 7.05 Å². The minimum Gasteiger partial charge on any atom is -0.492 e. The number of nitrogens with one attached hydrogen (secondary N) is 2. The normalized spacial score (nSPS) is 10.9. The third kappa shape index (κ3) is 7.11. The number of ether oxygens (including phenoxy) is 1. The maximum atomic E-state index is 12.9. The Kier molecular flexibility index (Phi) is 7.22. The summed E-state index contributed by atoms with van der Waals surface area (Å²) >= 11 is 0. The zero-order valence-electron chi connectivity index (χ0n) is 16.9. The second-order valence-corrected chi connectivity index (χ2v) is 8.46.